The molecule has 0 fully saturated rings. The average Bonchev–Trinajstić information content (AvgIpc) is 2.65. The Labute approximate surface area is 80.1 Å². The predicted molar refractivity (Wildman–Crippen MR) is 48.3 cm³/mol. The molecule has 0 aromatic carbocycles. The summed E-state index contributed by atoms with van der Waals surface area (Å²) in [5.41, 5.74) is 5.94. The van der Waals surface area contributed by atoms with E-state index in [4.69, 9.17) is 10.8 Å². The van der Waals surface area contributed by atoms with Crippen molar-refractivity contribution in [3.63, 3.8) is 0 Å². The van der Waals surface area contributed by atoms with Gasteiger partial charge in [0.25, 0.3) is 0 Å². The first-order chi connectivity index (χ1) is 6.61. The molecule has 0 spiro atoms. The van der Waals surface area contributed by atoms with Crippen LogP contribution < -0.4 is 11.1 Å². The Morgan fingerprint density at radius 1 is 1.64 bits per heavy atom. The van der Waals surface area contributed by atoms with Gasteiger partial charge in [-0.05, 0) is 11.6 Å². The van der Waals surface area contributed by atoms with Crippen molar-refractivity contribution in [1.29, 1.82) is 0 Å². The Kier molecular flexibility index (Phi) is 3.24. The molecule has 1 amide bonds. The van der Waals surface area contributed by atoms with E-state index in [1.165, 1.54) is 0 Å². The van der Waals surface area contributed by atoms with E-state index >= 15 is 0 Å². The third-order valence-corrected chi connectivity index (χ3v) is 1.68. The van der Waals surface area contributed by atoms with Gasteiger partial charge in [0, 0.05) is 18.9 Å². The molecule has 0 bridgehead atoms. The maximum Gasteiger partial charge on any atom is 0.330 e. The lowest BCUT2D eigenvalue weighted by atomic mass is 10.3. The molecule has 6 heteroatoms. The number of carbonyl (C=O) groups excluding carboxylic acids is 1. The summed E-state index contributed by atoms with van der Waals surface area (Å²) >= 11 is 0. The van der Waals surface area contributed by atoms with Crippen molar-refractivity contribution in [1.82, 2.24) is 10.3 Å². The molecule has 76 valence electrons. The lowest BCUT2D eigenvalue weighted by Gasteiger charge is -2.06. The predicted octanol–water partition coefficient (Wildman–Crippen LogP) is -0.957. The second-order valence-electron chi connectivity index (χ2n) is 2.75. The summed E-state index contributed by atoms with van der Waals surface area (Å²) in [4.78, 5) is 24.2. The molecule has 6 nitrogen and oxygen atoms in total. The monoisotopic (exact) mass is 197 g/mol. The number of amides is 1. The van der Waals surface area contributed by atoms with E-state index in [9.17, 15) is 9.59 Å². The molecular weight excluding hydrogens is 186 g/mol. The van der Waals surface area contributed by atoms with Crippen LogP contribution in [0.3, 0.4) is 0 Å². The zero-order valence-corrected chi connectivity index (χ0v) is 7.36. The van der Waals surface area contributed by atoms with Crippen molar-refractivity contribution < 1.29 is 14.7 Å². The highest BCUT2D eigenvalue weighted by Crippen LogP contribution is 1.94. The van der Waals surface area contributed by atoms with Crippen LogP contribution in [0, 0.1) is 0 Å². The molecule has 0 saturated carbocycles. The molecule has 1 rings (SSSR count). The summed E-state index contributed by atoms with van der Waals surface area (Å²) in [6.45, 7) is 0.267. The van der Waals surface area contributed by atoms with Crippen LogP contribution in [-0.2, 0) is 16.1 Å². The highest BCUT2D eigenvalue weighted by molar-refractivity contribution is 6.00. The smallest absolute Gasteiger partial charge is 0.330 e. The van der Waals surface area contributed by atoms with Crippen LogP contribution in [0.4, 0.5) is 0 Å². The van der Waals surface area contributed by atoms with Crippen LogP contribution in [0.15, 0.2) is 18.5 Å². The van der Waals surface area contributed by atoms with Crippen LogP contribution in [0.25, 0.3) is 0 Å². The molecule has 0 saturated heterocycles. The van der Waals surface area contributed by atoms with Gasteiger partial charge in [-0.3, -0.25) is 4.79 Å². The number of nitrogens with one attached hydrogen (secondary N) is 2. The topological polar surface area (TPSA) is 108 Å². The van der Waals surface area contributed by atoms with Crippen molar-refractivity contribution in [2.24, 2.45) is 5.73 Å². The number of carbonyl (C=O) groups is 2. The van der Waals surface area contributed by atoms with Crippen LogP contribution in [0.2, 0.25) is 0 Å². The molecule has 0 radical (unpaired) electrons. The van der Waals surface area contributed by atoms with Crippen molar-refractivity contribution in [2.75, 3.05) is 0 Å². The molecular formula is C8H11N3O3. The van der Waals surface area contributed by atoms with Crippen LogP contribution in [0.5, 0.6) is 0 Å². The molecule has 1 atom stereocenters. The Hall–Kier alpha value is -1.82. The van der Waals surface area contributed by atoms with Crippen LogP contribution in [-0.4, -0.2) is 28.0 Å². The first-order valence-corrected chi connectivity index (χ1v) is 3.99. The number of hydrogen-bond donors (Lipinski definition) is 4. The standard InChI is InChI=1S/C8H11N3O3/c9-6(8(13)14)7(12)11-4-5-1-2-10-3-5/h1-3,6,10H,4,9H2,(H,11,12)(H,13,14). The quantitative estimate of drug-likeness (QED) is 0.466. The molecule has 14 heavy (non-hydrogen) atoms. The highest BCUT2D eigenvalue weighted by atomic mass is 16.4. The van der Waals surface area contributed by atoms with Gasteiger partial charge in [-0.15, -0.1) is 0 Å². The number of carboxylic acid groups (broad SMARTS) is 1. The first kappa shape index (κ1) is 10.3. The fraction of sp³-hybridized carbons (Fsp3) is 0.250. The van der Waals surface area contributed by atoms with Crippen molar-refractivity contribution in [3.05, 3.63) is 24.0 Å². The van der Waals surface area contributed by atoms with Gasteiger partial charge in [-0.2, -0.15) is 0 Å². The summed E-state index contributed by atoms with van der Waals surface area (Å²) in [5, 5.41) is 10.8. The first-order valence-electron chi connectivity index (χ1n) is 3.99. The fourth-order valence-corrected chi connectivity index (χ4v) is 0.880. The Morgan fingerprint density at radius 3 is 2.86 bits per heavy atom. The van der Waals surface area contributed by atoms with E-state index in [1.807, 2.05) is 0 Å². The molecule has 0 aliphatic heterocycles. The van der Waals surface area contributed by atoms with Gasteiger partial charge in [0.05, 0.1) is 0 Å². The van der Waals surface area contributed by atoms with Gasteiger partial charge in [0.15, 0.2) is 6.04 Å². The number of aromatic nitrogens is 1. The summed E-state index contributed by atoms with van der Waals surface area (Å²) in [7, 11) is 0. The van der Waals surface area contributed by atoms with E-state index in [-0.39, 0.29) is 6.54 Å². The highest BCUT2D eigenvalue weighted by Gasteiger charge is 2.20. The average molecular weight is 197 g/mol. The number of nitrogens with two attached hydrogens (primary N) is 1. The van der Waals surface area contributed by atoms with Crippen molar-refractivity contribution in [3.8, 4) is 0 Å². The summed E-state index contributed by atoms with van der Waals surface area (Å²) in [6.07, 6.45) is 3.41. The van der Waals surface area contributed by atoms with Crippen LogP contribution >= 0.6 is 0 Å². The molecule has 1 aromatic rings. The molecule has 1 unspecified atom stereocenters. The lowest BCUT2D eigenvalue weighted by Crippen LogP contribution is -2.45. The van der Waals surface area contributed by atoms with Gasteiger partial charge in [-0.25, -0.2) is 4.79 Å². The number of H-pyrrole nitrogens is 1. The van der Waals surface area contributed by atoms with Gasteiger partial charge < -0.3 is 21.1 Å². The van der Waals surface area contributed by atoms with E-state index < -0.39 is 17.9 Å². The van der Waals surface area contributed by atoms with Crippen molar-refractivity contribution in [2.45, 2.75) is 12.6 Å². The number of rotatable bonds is 4. The molecule has 0 aliphatic carbocycles. The van der Waals surface area contributed by atoms with Gasteiger partial charge in [0.1, 0.15) is 0 Å². The zero-order valence-electron chi connectivity index (χ0n) is 7.36. The number of aromatic amines is 1. The number of aliphatic carboxylic acids is 1. The van der Waals surface area contributed by atoms with E-state index in [2.05, 4.69) is 10.3 Å². The second kappa shape index (κ2) is 4.43. The molecule has 1 heterocycles. The zero-order chi connectivity index (χ0) is 10.6. The fourth-order valence-electron chi connectivity index (χ4n) is 0.880. The van der Waals surface area contributed by atoms with E-state index in [0.29, 0.717) is 0 Å². The van der Waals surface area contributed by atoms with E-state index in [1.54, 1.807) is 18.5 Å². The van der Waals surface area contributed by atoms with Gasteiger partial charge in [0.2, 0.25) is 5.91 Å². The molecule has 1 aromatic heterocycles. The number of carboxylic acids is 1. The summed E-state index contributed by atoms with van der Waals surface area (Å²) < 4.78 is 0. The van der Waals surface area contributed by atoms with Gasteiger partial charge in [-0.1, -0.05) is 0 Å². The summed E-state index contributed by atoms with van der Waals surface area (Å²) in [6, 6.07) is 0.265. The maximum absolute atomic E-state index is 11.1. The minimum atomic E-state index is -1.51. The maximum atomic E-state index is 11.1. The van der Waals surface area contributed by atoms with Gasteiger partial charge >= 0.3 is 5.97 Å². The van der Waals surface area contributed by atoms with Crippen LogP contribution in [0.1, 0.15) is 5.56 Å². The molecule has 0 aliphatic rings. The van der Waals surface area contributed by atoms with E-state index in [0.717, 1.165) is 5.56 Å². The third-order valence-electron chi connectivity index (χ3n) is 1.68. The number of hydrogen-bond acceptors (Lipinski definition) is 3. The SMILES string of the molecule is NC(C(=O)O)C(=O)NCc1cc[nH]c1. The minimum absolute atomic E-state index is 0.267. The molecule has 5 N–H and O–H groups in total. The second-order valence-corrected chi connectivity index (χ2v) is 2.75. The Balaban J connectivity index is 2.39. The Bertz CT molecular complexity index is 321. The minimum Gasteiger partial charge on any atom is -0.480 e. The lowest BCUT2D eigenvalue weighted by molar-refractivity contribution is -0.142. The van der Waals surface area contributed by atoms with Crippen molar-refractivity contribution >= 4 is 11.9 Å². The Morgan fingerprint density at radius 2 is 2.36 bits per heavy atom. The third kappa shape index (κ3) is 2.60. The summed E-state index contributed by atoms with van der Waals surface area (Å²) in [5.74, 6) is -2.03. The normalized spacial score (nSPS) is 12.1. The largest absolute Gasteiger partial charge is 0.480 e.